The molecule has 1 N–H and O–H groups in total. The Morgan fingerprint density at radius 2 is 1.42 bits per heavy atom. The first-order valence-corrected chi connectivity index (χ1v) is 11.2. The monoisotopic (exact) mass is 439 g/mol. The Morgan fingerprint density at radius 3 is 2.15 bits per heavy atom. The van der Waals surface area contributed by atoms with E-state index in [9.17, 15) is 4.79 Å². The van der Waals surface area contributed by atoms with E-state index in [1.807, 2.05) is 73.1 Å². The summed E-state index contributed by atoms with van der Waals surface area (Å²) in [5.74, 6) is -0.102. The van der Waals surface area contributed by atoms with E-state index in [1.165, 1.54) is 0 Å². The maximum absolute atomic E-state index is 13.0. The normalized spacial score (nSPS) is 10.8. The minimum Gasteiger partial charge on any atom is -0.372 e. The van der Waals surface area contributed by atoms with Gasteiger partial charge in [-0.25, -0.2) is 0 Å². The second kappa shape index (κ2) is 10.7. The van der Waals surface area contributed by atoms with E-state index in [1.54, 1.807) is 0 Å². The number of ether oxygens (including phenoxy) is 1. The molecule has 168 valence electrons. The summed E-state index contributed by atoms with van der Waals surface area (Å²) in [5.41, 5.74) is 6.69. The number of aryl methyl sites for hydroxylation is 1. The Hall–Kier alpha value is -3.70. The van der Waals surface area contributed by atoms with E-state index in [0.717, 1.165) is 33.6 Å². The summed E-state index contributed by atoms with van der Waals surface area (Å²) < 4.78 is 7.73. The van der Waals surface area contributed by atoms with Crippen LogP contribution in [0.2, 0.25) is 0 Å². The Morgan fingerprint density at radius 1 is 0.818 bits per heavy atom. The van der Waals surface area contributed by atoms with Gasteiger partial charge in [-0.3, -0.25) is 9.48 Å². The molecule has 0 radical (unpaired) electrons. The number of hydrogen-bond donors (Lipinski definition) is 1. The molecule has 0 fully saturated rings. The second-order valence-electron chi connectivity index (χ2n) is 8.17. The standard InChI is InChI=1S/C28H29N3O2/c1-21-27(22(2)31(30-21)18-23-10-5-3-6-11-23)28(32)29-17-25-14-9-15-26(16-25)20-33-19-24-12-7-4-8-13-24/h3-16H,17-20H2,1-2H3,(H,29,32). The van der Waals surface area contributed by atoms with Crippen molar-refractivity contribution in [3.63, 3.8) is 0 Å². The molecule has 1 heterocycles. The molecule has 0 aliphatic heterocycles. The molecule has 0 aliphatic carbocycles. The van der Waals surface area contributed by atoms with Crippen molar-refractivity contribution in [2.24, 2.45) is 0 Å². The second-order valence-corrected chi connectivity index (χ2v) is 8.17. The van der Waals surface area contributed by atoms with Gasteiger partial charge in [-0.2, -0.15) is 5.10 Å². The van der Waals surface area contributed by atoms with Gasteiger partial charge in [0.1, 0.15) is 0 Å². The van der Waals surface area contributed by atoms with Gasteiger partial charge in [-0.05, 0) is 36.1 Å². The van der Waals surface area contributed by atoms with E-state index in [-0.39, 0.29) is 5.91 Å². The molecule has 4 rings (SSSR count). The van der Waals surface area contributed by atoms with E-state index in [2.05, 4.69) is 40.7 Å². The quantitative estimate of drug-likeness (QED) is 0.390. The van der Waals surface area contributed by atoms with E-state index in [4.69, 9.17) is 4.74 Å². The van der Waals surface area contributed by atoms with Crippen molar-refractivity contribution in [2.75, 3.05) is 0 Å². The Balaban J connectivity index is 1.34. The van der Waals surface area contributed by atoms with Gasteiger partial charge in [0, 0.05) is 12.2 Å². The number of nitrogens with zero attached hydrogens (tertiary/aromatic N) is 2. The van der Waals surface area contributed by atoms with Gasteiger partial charge in [-0.1, -0.05) is 84.9 Å². The molecule has 0 bridgehead atoms. The fraction of sp³-hybridized carbons (Fsp3) is 0.214. The van der Waals surface area contributed by atoms with Gasteiger partial charge in [0.2, 0.25) is 0 Å². The fourth-order valence-corrected chi connectivity index (χ4v) is 3.90. The van der Waals surface area contributed by atoms with Crippen molar-refractivity contribution in [3.8, 4) is 0 Å². The number of amides is 1. The van der Waals surface area contributed by atoms with Crippen LogP contribution in [0.15, 0.2) is 84.9 Å². The largest absolute Gasteiger partial charge is 0.372 e. The maximum Gasteiger partial charge on any atom is 0.255 e. The van der Waals surface area contributed by atoms with Crippen molar-refractivity contribution in [2.45, 2.75) is 40.2 Å². The first kappa shape index (κ1) is 22.5. The summed E-state index contributed by atoms with van der Waals surface area (Å²) >= 11 is 0. The first-order valence-electron chi connectivity index (χ1n) is 11.2. The molecule has 4 aromatic rings. The van der Waals surface area contributed by atoms with Crippen LogP contribution in [0.25, 0.3) is 0 Å². The highest BCUT2D eigenvalue weighted by Gasteiger charge is 2.18. The summed E-state index contributed by atoms with van der Waals surface area (Å²) in [6, 6.07) is 28.4. The predicted octanol–water partition coefficient (Wildman–Crippen LogP) is 5.20. The molecular weight excluding hydrogens is 410 g/mol. The number of carbonyl (C=O) groups excluding carboxylic acids is 1. The third-order valence-electron chi connectivity index (χ3n) is 5.61. The summed E-state index contributed by atoms with van der Waals surface area (Å²) in [6.07, 6.45) is 0. The molecule has 0 spiro atoms. The zero-order chi connectivity index (χ0) is 23.0. The maximum atomic E-state index is 13.0. The molecule has 3 aromatic carbocycles. The van der Waals surface area contributed by atoms with Gasteiger partial charge in [0.05, 0.1) is 31.0 Å². The first-order chi connectivity index (χ1) is 16.1. The Labute approximate surface area is 195 Å². The summed E-state index contributed by atoms with van der Waals surface area (Å²) in [4.78, 5) is 13.0. The molecule has 0 unspecified atom stereocenters. The van der Waals surface area contributed by atoms with Crippen LogP contribution in [0.1, 0.15) is 44.0 Å². The Bertz CT molecular complexity index is 1200. The zero-order valence-corrected chi connectivity index (χ0v) is 19.1. The van der Waals surface area contributed by atoms with Crippen molar-refractivity contribution in [1.29, 1.82) is 0 Å². The van der Waals surface area contributed by atoms with E-state index in [0.29, 0.717) is 31.9 Å². The van der Waals surface area contributed by atoms with Crippen molar-refractivity contribution >= 4 is 5.91 Å². The lowest BCUT2D eigenvalue weighted by atomic mass is 10.1. The highest BCUT2D eigenvalue weighted by Crippen LogP contribution is 2.16. The van der Waals surface area contributed by atoms with Crippen LogP contribution in [-0.4, -0.2) is 15.7 Å². The lowest BCUT2D eigenvalue weighted by Crippen LogP contribution is -2.24. The SMILES string of the molecule is Cc1nn(Cc2ccccc2)c(C)c1C(=O)NCc1cccc(COCc2ccccc2)c1. The number of aromatic nitrogens is 2. The molecule has 33 heavy (non-hydrogen) atoms. The number of hydrogen-bond acceptors (Lipinski definition) is 3. The van der Waals surface area contributed by atoms with Gasteiger partial charge >= 0.3 is 0 Å². The van der Waals surface area contributed by atoms with E-state index >= 15 is 0 Å². The third kappa shape index (κ3) is 5.96. The molecule has 5 nitrogen and oxygen atoms in total. The summed E-state index contributed by atoms with van der Waals surface area (Å²) in [7, 11) is 0. The molecular formula is C28H29N3O2. The fourth-order valence-electron chi connectivity index (χ4n) is 3.90. The zero-order valence-electron chi connectivity index (χ0n) is 19.1. The van der Waals surface area contributed by atoms with Crippen molar-refractivity contribution in [3.05, 3.63) is 124 Å². The molecule has 0 aliphatic rings. The van der Waals surface area contributed by atoms with Crippen LogP contribution in [0.4, 0.5) is 0 Å². The predicted molar refractivity (Wildman–Crippen MR) is 130 cm³/mol. The van der Waals surface area contributed by atoms with Gasteiger partial charge in [-0.15, -0.1) is 0 Å². The molecule has 1 aromatic heterocycles. The van der Waals surface area contributed by atoms with Gasteiger partial charge < -0.3 is 10.1 Å². The number of carbonyl (C=O) groups is 1. The average molecular weight is 440 g/mol. The highest BCUT2D eigenvalue weighted by atomic mass is 16.5. The van der Waals surface area contributed by atoms with Gasteiger partial charge in [0.25, 0.3) is 5.91 Å². The molecule has 0 atom stereocenters. The van der Waals surface area contributed by atoms with Crippen LogP contribution in [-0.2, 0) is 31.0 Å². The van der Waals surface area contributed by atoms with Crippen LogP contribution in [0.3, 0.4) is 0 Å². The number of rotatable bonds is 9. The van der Waals surface area contributed by atoms with Crippen molar-refractivity contribution in [1.82, 2.24) is 15.1 Å². The molecule has 5 heteroatoms. The van der Waals surface area contributed by atoms with Crippen LogP contribution in [0, 0.1) is 13.8 Å². The minimum absolute atomic E-state index is 0.102. The number of nitrogens with one attached hydrogen (secondary N) is 1. The Kier molecular flexibility index (Phi) is 7.33. The average Bonchev–Trinajstić information content (AvgIpc) is 3.12. The smallest absolute Gasteiger partial charge is 0.255 e. The lowest BCUT2D eigenvalue weighted by Gasteiger charge is -2.09. The summed E-state index contributed by atoms with van der Waals surface area (Å²) in [6.45, 7) is 6.03. The van der Waals surface area contributed by atoms with Gasteiger partial charge in [0.15, 0.2) is 0 Å². The van der Waals surface area contributed by atoms with Crippen LogP contribution in [0.5, 0.6) is 0 Å². The topological polar surface area (TPSA) is 56.2 Å². The van der Waals surface area contributed by atoms with E-state index < -0.39 is 0 Å². The highest BCUT2D eigenvalue weighted by molar-refractivity contribution is 5.96. The minimum atomic E-state index is -0.102. The van der Waals surface area contributed by atoms with Crippen LogP contribution >= 0.6 is 0 Å². The molecule has 0 saturated heterocycles. The molecule has 0 saturated carbocycles. The summed E-state index contributed by atoms with van der Waals surface area (Å²) in [5, 5.41) is 7.64. The van der Waals surface area contributed by atoms with Crippen LogP contribution < -0.4 is 5.32 Å². The lowest BCUT2D eigenvalue weighted by molar-refractivity contribution is 0.0949. The number of benzene rings is 3. The van der Waals surface area contributed by atoms with Crippen molar-refractivity contribution < 1.29 is 9.53 Å². The molecule has 1 amide bonds. The third-order valence-corrected chi connectivity index (χ3v) is 5.61.